The third-order valence-electron chi connectivity index (χ3n) is 3.50. The summed E-state index contributed by atoms with van der Waals surface area (Å²) in [6, 6.07) is 13.8. The maximum absolute atomic E-state index is 12.5. The summed E-state index contributed by atoms with van der Waals surface area (Å²) in [6.45, 7) is 1.70. The van der Waals surface area contributed by atoms with Gasteiger partial charge in [-0.3, -0.25) is 4.79 Å². The van der Waals surface area contributed by atoms with Gasteiger partial charge in [-0.15, -0.1) is 0 Å². The van der Waals surface area contributed by atoms with Gasteiger partial charge in [-0.2, -0.15) is 20.3 Å². The fourth-order valence-electron chi connectivity index (χ4n) is 2.24. The predicted molar refractivity (Wildman–Crippen MR) is 94.8 cm³/mol. The molecule has 0 bridgehead atoms. The Morgan fingerprint density at radius 3 is 2.32 bits per heavy atom. The van der Waals surface area contributed by atoms with Crippen LogP contribution in [0.25, 0.3) is 0 Å². The Labute approximate surface area is 149 Å². The van der Waals surface area contributed by atoms with Crippen molar-refractivity contribution >= 4 is 42.7 Å². The number of rotatable bonds is 4. The number of hydrogen-bond donors (Lipinski definition) is 0. The van der Waals surface area contributed by atoms with Gasteiger partial charge in [0.2, 0.25) is 0 Å². The first-order valence-electron chi connectivity index (χ1n) is 7.26. The summed E-state index contributed by atoms with van der Waals surface area (Å²) >= 11 is 0. The van der Waals surface area contributed by atoms with E-state index in [-0.39, 0.29) is 10.8 Å². The Bertz CT molecular complexity index is 957. The third-order valence-corrected chi connectivity index (χ3v) is 4.87. The highest BCUT2D eigenvalue weighted by Gasteiger charge is 2.34. The summed E-state index contributed by atoms with van der Waals surface area (Å²) in [4.78, 5) is 12.5. The van der Waals surface area contributed by atoms with Crippen molar-refractivity contribution in [2.24, 2.45) is 15.3 Å². The minimum Gasteiger partial charge on any atom is -0.269 e. The van der Waals surface area contributed by atoms with Crippen molar-refractivity contribution in [3.05, 3.63) is 54.6 Å². The number of carbonyl (C=O) groups is 1. The molecule has 0 saturated heterocycles. The molecule has 1 aliphatic heterocycles. The topological polar surface area (TPSA) is 91.5 Å². The average molecular weight is 377 g/mol. The number of hydrogen-bond acceptors (Lipinski definition) is 6. The minimum atomic E-state index is -3.79. The smallest absolute Gasteiger partial charge is 0.269 e. The van der Waals surface area contributed by atoms with Crippen LogP contribution in [0, 0.1) is 0 Å². The largest absolute Gasteiger partial charge is 0.280 e. The summed E-state index contributed by atoms with van der Waals surface area (Å²) in [6.07, 6.45) is 0. The summed E-state index contributed by atoms with van der Waals surface area (Å²) in [5.41, 5.74) is 1.58. The molecule has 1 heterocycles. The molecule has 0 aliphatic carbocycles. The molecule has 0 radical (unpaired) electrons. The van der Waals surface area contributed by atoms with Crippen LogP contribution in [-0.4, -0.2) is 26.1 Å². The number of amides is 1. The molecule has 7 nitrogen and oxygen atoms in total. The van der Waals surface area contributed by atoms with Gasteiger partial charge in [0.15, 0.2) is 6.04 Å². The molecule has 1 atom stereocenters. The zero-order valence-electron chi connectivity index (χ0n) is 13.1. The molecule has 25 heavy (non-hydrogen) atoms. The second-order valence-corrected chi connectivity index (χ2v) is 7.84. The lowest BCUT2D eigenvalue weighted by Crippen LogP contribution is -2.29. The van der Waals surface area contributed by atoms with Crippen LogP contribution in [0.3, 0.4) is 0 Å². The van der Waals surface area contributed by atoms with E-state index in [1.165, 1.54) is 29.3 Å². The van der Waals surface area contributed by atoms with Crippen LogP contribution in [-0.2, 0) is 13.8 Å². The average Bonchev–Trinajstić information content (AvgIpc) is 2.88. The van der Waals surface area contributed by atoms with Gasteiger partial charge in [0.1, 0.15) is 0 Å². The number of nitrogens with zero attached hydrogens (tertiary/aromatic N) is 4. The molecule has 9 heteroatoms. The number of hydrazone groups is 1. The highest BCUT2D eigenvalue weighted by atomic mass is 35.7. The SMILES string of the molecule is CC1=NN(c2ccccc2)C(=O)C1N=Nc1ccc(S(=O)(=O)Cl)cc1. The molecule has 1 amide bonds. The number of halogens is 1. The molecule has 2 aromatic carbocycles. The molecule has 1 aliphatic rings. The summed E-state index contributed by atoms with van der Waals surface area (Å²) < 4.78 is 22.4. The molecular weight excluding hydrogens is 364 g/mol. The van der Waals surface area contributed by atoms with E-state index in [0.717, 1.165) is 0 Å². The normalized spacial score (nSPS) is 18.0. The number of benzene rings is 2. The van der Waals surface area contributed by atoms with Crippen LogP contribution in [0.1, 0.15) is 6.92 Å². The van der Waals surface area contributed by atoms with Crippen LogP contribution in [0.15, 0.2) is 74.8 Å². The van der Waals surface area contributed by atoms with Crippen molar-refractivity contribution < 1.29 is 13.2 Å². The lowest BCUT2D eigenvalue weighted by molar-refractivity contribution is -0.117. The summed E-state index contributed by atoms with van der Waals surface area (Å²) in [5, 5.41) is 13.6. The van der Waals surface area contributed by atoms with Crippen LogP contribution in [0.5, 0.6) is 0 Å². The zero-order chi connectivity index (χ0) is 18.0. The van der Waals surface area contributed by atoms with Gasteiger partial charge < -0.3 is 0 Å². The molecule has 128 valence electrons. The van der Waals surface area contributed by atoms with Gasteiger partial charge >= 0.3 is 0 Å². The van der Waals surface area contributed by atoms with Gasteiger partial charge in [0.25, 0.3) is 15.0 Å². The van der Waals surface area contributed by atoms with Crippen LogP contribution in [0.4, 0.5) is 11.4 Å². The van der Waals surface area contributed by atoms with E-state index in [1.54, 1.807) is 19.1 Å². The quantitative estimate of drug-likeness (QED) is 0.604. The Hall–Kier alpha value is -2.58. The maximum Gasteiger partial charge on any atom is 0.280 e. The Balaban J connectivity index is 1.78. The van der Waals surface area contributed by atoms with Crippen molar-refractivity contribution in [2.75, 3.05) is 5.01 Å². The van der Waals surface area contributed by atoms with Crippen LogP contribution < -0.4 is 5.01 Å². The van der Waals surface area contributed by atoms with Crippen molar-refractivity contribution in [3.8, 4) is 0 Å². The van der Waals surface area contributed by atoms with Crippen molar-refractivity contribution in [1.29, 1.82) is 0 Å². The van der Waals surface area contributed by atoms with Crippen molar-refractivity contribution in [2.45, 2.75) is 17.9 Å². The van der Waals surface area contributed by atoms with Gasteiger partial charge in [-0.05, 0) is 43.3 Å². The van der Waals surface area contributed by atoms with E-state index in [4.69, 9.17) is 10.7 Å². The molecular formula is C16H13ClN4O3S. The third kappa shape index (κ3) is 3.75. The fraction of sp³-hybridized carbons (Fsp3) is 0.125. The number of para-hydroxylation sites is 1. The van der Waals surface area contributed by atoms with Crippen LogP contribution >= 0.6 is 10.7 Å². The molecule has 0 N–H and O–H groups in total. The second kappa shape index (κ2) is 6.73. The first-order valence-corrected chi connectivity index (χ1v) is 9.57. The maximum atomic E-state index is 12.5. The standard InChI is InChI=1S/C16H13ClN4O3S/c1-11-15(16(22)21(20-11)13-5-3-2-4-6-13)19-18-12-7-9-14(10-8-12)25(17,23)24/h2-10,15H,1H3. The van der Waals surface area contributed by atoms with E-state index in [0.29, 0.717) is 17.1 Å². The highest BCUT2D eigenvalue weighted by Crippen LogP contribution is 2.24. The Morgan fingerprint density at radius 2 is 1.72 bits per heavy atom. The fourth-order valence-corrected chi connectivity index (χ4v) is 3.01. The second-order valence-electron chi connectivity index (χ2n) is 5.28. The Morgan fingerprint density at radius 1 is 1.08 bits per heavy atom. The molecule has 0 saturated carbocycles. The monoisotopic (exact) mass is 376 g/mol. The summed E-state index contributed by atoms with van der Waals surface area (Å²) in [5.74, 6) is -0.299. The molecule has 0 fully saturated rings. The molecule has 0 spiro atoms. The number of azo groups is 1. The predicted octanol–water partition coefficient (Wildman–Crippen LogP) is 3.49. The molecule has 3 rings (SSSR count). The number of anilines is 1. The van der Waals surface area contributed by atoms with Gasteiger partial charge in [0, 0.05) is 10.7 Å². The van der Waals surface area contributed by atoms with Gasteiger partial charge in [0.05, 0.1) is 22.0 Å². The first kappa shape index (κ1) is 17.2. The van der Waals surface area contributed by atoms with E-state index in [1.807, 2.05) is 18.2 Å². The highest BCUT2D eigenvalue weighted by molar-refractivity contribution is 8.13. The summed E-state index contributed by atoms with van der Waals surface area (Å²) in [7, 11) is 1.47. The van der Waals surface area contributed by atoms with Crippen LogP contribution in [0.2, 0.25) is 0 Å². The van der Waals surface area contributed by atoms with Gasteiger partial charge in [-0.25, -0.2) is 8.42 Å². The van der Waals surface area contributed by atoms with Crippen molar-refractivity contribution in [1.82, 2.24) is 0 Å². The molecule has 1 unspecified atom stereocenters. The van der Waals surface area contributed by atoms with E-state index < -0.39 is 15.1 Å². The van der Waals surface area contributed by atoms with E-state index in [9.17, 15) is 13.2 Å². The first-order chi connectivity index (χ1) is 11.9. The van der Waals surface area contributed by atoms with E-state index >= 15 is 0 Å². The van der Waals surface area contributed by atoms with E-state index in [2.05, 4.69) is 15.3 Å². The Kier molecular flexibility index (Phi) is 4.65. The molecule has 0 aromatic heterocycles. The van der Waals surface area contributed by atoms with Crippen molar-refractivity contribution in [3.63, 3.8) is 0 Å². The lowest BCUT2D eigenvalue weighted by Gasteiger charge is -2.11. The molecule has 2 aromatic rings. The zero-order valence-corrected chi connectivity index (χ0v) is 14.6. The minimum absolute atomic E-state index is 0.0296. The lowest BCUT2D eigenvalue weighted by atomic mass is 10.2. The number of carbonyl (C=O) groups excluding carboxylic acids is 1. The van der Waals surface area contributed by atoms with Gasteiger partial charge in [-0.1, -0.05) is 18.2 Å².